The lowest BCUT2D eigenvalue weighted by atomic mass is 9.49. The van der Waals surface area contributed by atoms with Gasteiger partial charge in [0.1, 0.15) is 0 Å². The minimum atomic E-state index is -0.148. The van der Waals surface area contributed by atoms with Gasteiger partial charge in [-0.25, -0.2) is 0 Å². The summed E-state index contributed by atoms with van der Waals surface area (Å²) in [5, 5.41) is 20.8. The summed E-state index contributed by atoms with van der Waals surface area (Å²) in [6.07, 6.45) is 5.94. The van der Waals surface area contributed by atoms with E-state index in [1.165, 1.54) is 6.42 Å². The highest BCUT2D eigenvalue weighted by molar-refractivity contribution is 5.14. The fourth-order valence-corrected chi connectivity index (χ4v) is 5.56. The van der Waals surface area contributed by atoms with Gasteiger partial charge in [-0.3, -0.25) is 0 Å². The fourth-order valence-electron chi connectivity index (χ4n) is 5.56. The summed E-state index contributed by atoms with van der Waals surface area (Å²) in [7, 11) is 0. The van der Waals surface area contributed by atoms with E-state index in [4.69, 9.17) is 0 Å². The molecule has 1 spiro atoms. The Labute approximate surface area is 104 Å². The molecule has 0 amide bonds. The van der Waals surface area contributed by atoms with E-state index in [0.717, 1.165) is 32.1 Å². The molecule has 0 heterocycles. The van der Waals surface area contributed by atoms with Gasteiger partial charge in [0.2, 0.25) is 0 Å². The largest absolute Gasteiger partial charge is 0.393 e. The van der Waals surface area contributed by atoms with Gasteiger partial charge in [0.25, 0.3) is 0 Å². The number of aliphatic hydroxyl groups excluding tert-OH is 2. The number of hydrogen-bond acceptors (Lipinski definition) is 2. The Morgan fingerprint density at radius 2 is 1.65 bits per heavy atom. The van der Waals surface area contributed by atoms with Crippen molar-refractivity contribution in [3.63, 3.8) is 0 Å². The van der Waals surface area contributed by atoms with E-state index in [1.807, 2.05) is 0 Å². The molecule has 2 heteroatoms. The zero-order chi connectivity index (χ0) is 12.5. The van der Waals surface area contributed by atoms with Crippen LogP contribution in [0, 0.1) is 22.2 Å². The van der Waals surface area contributed by atoms with E-state index >= 15 is 0 Å². The van der Waals surface area contributed by atoms with Crippen LogP contribution in [0.2, 0.25) is 0 Å². The van der Waals surface area contributed by atoms with E-state index < -0.39 is 0 Å². The van der Waals surface area contributed by atoms with Gasteiger partial charge in [-0.15, -0.1) is 0 Å². The number of fused-ring (bicyclic) bond motifs is 1. The molecule has 0 radical (unpaired) electrons. The molecule has 5 atom stereocenters. The summed E-state index contributed by atoms with van der Waals surface area (Å²) in [4.78, 5) is 0. The summed E-state index contributed by atoms with van der Waals surface area (Å²) in [6.45, 7) is 6.87. The van der Waals surface area contributed by atoms with Gasteiger partial charge in [-0.1, -0.05) is 20.8 Å². The molecule has 2 N–H and O–H groups in total. The molecule has 3 aliphatic rings. The van der Waals surface area contributed by atoms with Crippen molar-refractivity contribution in [3.05, 3.63) is 0 Å². The van der Waals surface area contributed by atoms with E-state index in [0.29, 0.717) is 5.92 Å². The molecule has 0 unspecified atom stereocenters. The maximum atomic E-state index is 10.6. The summed E-state index contributed by atoms with van der Waals surface area (Å²) in [6, 6.07) is 0. The van der Waals surface area contributed by atoms with Crippen LogP contribution < -0.4 is 0 Å². The minimum Gasteiger partial charge on any atom is -0.393 e. The van der Waals surface area contributed by atoms with E-state index in [1.54, 1.807) is 0 Å². The quantitative estimate of drug-likeness (QED) is 0.681. The number of rotatable bonds is 0. The van der Waals surface area contributed by atoms with Gasteiger partial charge < -0.3 is 10.2 Å². The highest BCUT2D eigenvalue weighted by Crippen LogP contribution is 2.68. The molecule has 3 rings (SSSR count). The third-order valence-electron chi connectivity index (χ3n) is 6.45. The van der Waals surface area contributed by atoms with Crippen LogP contribution in [-0.2, 0) is 0 Å². The average molecular weight is 238 g/mol. The lowest BCUT2D eigenvalue weighted by molar-refractivity contribution is -0.144. The third kappa shape index (κ3) is 1.40. The standard InChI is InChI=1S/C15H26O2/c1-13(2)8-12(17)15-7-5-11(16)14(3,9-15)6-4-10(13)15/h10-12,16-17H,4-9H2,1-3H3/t10-,11-,12+,14+,15+/m1/s1. The lowest BCUT2D eigenvalue weighted by Crippen LogP contribution is -2.54. The molecule has 0 saturated heterocycles. The van der Waals surface area contributed by atoms with Crippen molar-refractivity contribution in [2.45, 2.75) is 71.5 Å². The molecule has 0 aromatic heterocycles. The zero-order valence-corrected chi connectivity index (χ0v) is 11.4. The summed E-state index contributed by atoms with van der Waals surface area (Å²) >= 11 is 0. The molecular weight excluding hydrogens is 212 g/mol. The van der Waals surface area contributed by atoms with Crippen molar-refractivity contribution in [2.75, 3.05) is 0 Å². The van der Waals surface area contributed by atoms with Crippen molar-refractivity contribution >= 4 is 0 Å². The second-order valence-corrected chi connectivity index (χ2v) is 7.92. The Hall–Kier alpha value is -0.0800. The Bertz CT molecular complexity index is 338. The average Bonchev–Trinajstić information content (AvgIpc) is 2.41. The molecule has 0 aliphatic heterocycles. The second kappa shape index (κ2) is 3.27. The minimum absolute atomic E-state index is 0.0656. The van der Waals surface area contributed by atoms with Gasteiger partial charge in [0.05, 0.1) is 12.2 Å². The highest BCUT2D eigenvalue weighted by Gasteiger charge is 2.64. The molecular formula is C15H26O2. The second-order valence-electron chi connectivity index (χ2n) is 7.92. The Morgan fingerprint density at radius 1 is 0.941 bits per heavy atom. The van der Waals surface area contributed by atoms with Crippen molar-refractivity contribution in [3.8, 4) is 0 Å². The summed E-state index contributed by atoms with van der Waals surface area (Å²) in [5.74, 6) is 0.658. The first-order valence-electron chi connectivity index (χ1n) is 7.16. The summed E-state index contributed by atoms with van der Waals surface area (Å²) < 4.78 is 0. The Balaban J connectivity index is 2.00. The van der Waals surface area contributed by atoms with Crippen LogP contribution in [0.4, 0.5) is 0 Å². The zero-order valence-electron chi connectivity index (χ0n) is 11.4. The third-order valence-corrected chi connectivity index (χ3v) is 6.45. The maximum Gasteiger partial charge on any atom is 0.0604 e. The van der Waals surface area contributed by atoms with Crippen LogP contribution >= 0.6 is 0 Å². The van der Waals surface area contributed by atoms with Crippen LogP contribution in [0.25, 0.3) is 0 Å². The molecule has 0 aromatic rings. The fraction of sp³-hybridized carbons (Fsp3) is 1.00. The highest BCUT2D eigenvalue weighted by atomic mass is 16.3. The van der Waals surface area contributed by atoms with Crippen LogP contribution in [0.5, 0.6) is 0 Å². The first-order chi connectivity index (χ1) is 7.80. The predicted octanol–water partition coefficient (Wildman–Crippen LogP) is 2.72. The van der Waals surface area contributed by atoms with Crippen molar-refractivity contribution in [1.29, 1.82) is 0 Å². The topological polar surface area (TPSA) is 40.5 Å². The summed E-state index contributed by atoms with van der Waals surface area (Å²) in [5.41, 5.74) is 0.467. The number of aliphatic hydroxyl groups is 2. The smallest absolute Gasteiger partial charge is 0.0604 e. The molecule has 3 fully saturated rings. The van der Waals surface area contributed by atoms with E-state index in [2.05, 4.69) is 20.8 Å². The van der Waals surface area contributed by atoms with Crippen molar-refractivity contribution in [2.24, 2.45) is 22.2 Å². The Kier molecular flexibility index (Phi) is 2.30. The first-order valence-corrected chi connectivity index (χ1v) is 7.16. The molecule has 2 bridgehead atoms. The van der Waals surface area contributed by atoms with Crippen LogP contribution in [0.3, 0.4) is 0 Å². The normalized spacial score (nSPS) is 56.6. The molecule has 2 nitrogen and oxygen atoms in total. The first kappa shape index (κ1) is 12.0. The van der Waals surface area contributed by atoms with Crippen LogP contribution in [-0.4, -0.2) is 22.4 Å². The Morgan fingerprint density at radius 3 is 2.35 bits per heavy atom. The SMILES string of the molecule is CC1(C)C[C@H](O)[C@]23CC[C@@H](O)[C@@](C)(CC[C@H]12)C3. The van der Waals surface area contributed by atoms with Crippen molar-refractivity contribution in [1.82, 2.24) is 0 Å². The van der Waals surface area contributed by atoms with E-state index in [9.17, 15) is 10.2 Å². The van der Waals surface area contributed by atoms with Crippen LogP contribution in [0.15, 0.2) is 0 Å². The monoisotopic (exact) mass is 238 g/mol. The lowest BCUT2D eigenvalue weighted by Gasteiger charge is -2.57. The predicted molar refractivity (Wildman–Crippen MR) is 67.5 cm³/mol. The van der Waals surface area contributed by atoms with Gasteiger partial charge in [-0.05, 0) is 55.3 Å². The molecule has 3 aliphatic carbocycles. The van der Waals surface area contributed by atoms with Gasteiger partial charge >= 0.3 is 0 Å². The van der Waals surface area contributed by atoms with Gasteiger partial charge in [0.15, 0.2) is 0 Å². The van der Waals surface area contributed by atoms with Crippen LogP contribution in [0.1, 0.15) is 59.3 Å². The molecule has 3 saturated carbocycles. The van der Waals surface area contributed by atoms with Gasteiger partial charge in [-0.2, -0.15) is 0 Å². The molecule has 17 heavy (non-hydrogen) atoms. The van der Waals surface area contributed by atoms with Crippen molar-refractivity contribution < 1.29 is 10.2 Å². The maximum absolute atomic E-state index is 10.6. The van der Waals surface area contributed by atoms with Gasteiger partial charge in [0, 0.05) is 5.41 Å². The number of hydrogen-bond donors (Lipinski definition) is 2. The molecule has 98 valence electrons. The molecule has 0 aromatic carbocycles. The van der Waals surface area contributed by atoms with E-state index in [-0.39, 0.29) is 28.5 Å².